The van der Waals surface area contributed by atoms with E-state index in [2.05, 4.69) is 0 Å². The number of aryl methyl sites for hydroxylation is 1. The van der Waals surface area contributed by atoms with Crippen LogP contribution in [0.2, 0.25) is 0 Å². The Labute approximate surface area is 139 Å². The highest BCUT2D eigenvalue weighted by molar-refractivity contribution is 5.68. The third-order valence-electron chi connectivity index (χ3n) is 4.40. The molecule has 0 N–H and O–H groups in total. The van der Waals surface area contributed by atoms with Gasteiger partial charge in [-0.15, -0.1) is 0 Å². The quantitative estimate of drug-likeness (QED) is 0.666. The van der Waals surface area contributed by atoms with Crippen LogP contribution in [0.1, 0.15) is 24.1 Å². The summed E-state index contributed by atoms with van der Waals surface area (Å²) in [5, 5.41) is 0. The summed E-state index contributed by atoms with van der Waals surface area (Å²) < 4.78 is 26.4. The predicted molar refractivity (Wildman–Crippen MR) is 89.5 cm³/mol. The van der Waals surface area contributed by atoms with Gasteiger partial charge in [-0.1, -0.05) is 0 Å². The van der Waals surface area contributed by atoms with Crippen LogP contribution in [0.25, 0.3) is 22.6 Å². The molecule has 24 heavy (non-hydrogen) atoms. The van der Waals surface area contributed by atoms with Crippen molar-refractivity contribution in [3.05, 3.63) is 71.4 Å². The molecule has 0 amide bonds. The number of hydrogen-bond acceptors (Lipinski definition) is 2. The molecule has 0 unspecified atom stereocenters. The van der Waals surface area contributed by atoms with Crippen LogP contribution in [-0.2, 0) is 12.8 Å². The molecule has 1 aromatic heterocycles. The summed E-state index contributed by atoms with van der Waals surface area (Å²) in [5.74, 6) is 0.0471. The molecule has 1 aliphatic rings. The zero-order valence-electron chi connectivity index (χ0n) is 13.1. The van der Waals surface area contributed by atoms with Gasteiger partial charge in [0.15, 0.2) is 5.82 Å². The number of aromatic nitrogens is 2. The first-order chi connectivity index (χ1) is 11.7. The second-order valence-corrected chi connectivity index (χ2v) is 6.04. The van der Waals surface area contributed by atoms with E-state index in [1.54, 1.807) is 24.3 Å². The van der Waals surface area contributed by atoms with Crippen LogP contribution in [0.3, 0.4) is 0 Å². The van der Waals surface area contributed by atoms with Gasteiger partial charge in [-0.25, -0.2) is 18.7 Å². The molecule has 3 aromatic rings. The fourth-order valence-electron chi connectivity index (χ4n) is 3.17. The van der Waals surface area contributed by atoms with Crippen LogP contribution in [0.15, 0.2) is 48.5 Å². The van der Waals surface area contributed by atoms with Gasteiger partial charge in [-0.05, 0) is 74.2 Å². The molecule has 0 atom stereocenters. The molecular weight excluding hydrogens is 306 g/mol. The zero-order chi connectivity index (χ0) is 16.5. The van der Waals surface area contributed by atoms with E-state index in [4.69, 9.17) is 9.97 Å². The Morgan fingerprint density at radius 1 is 0.667 bits per heavy atom. The second-order valence-electron chi connectivity index (χ2n) is 6.04. The van der Waals surface area contributed by atoms with Crippen LogP contribution >= 0.6 is 0 Å². The highest BCUT2D eigenvalue weighted by Crippen LogP contribution is 2.31. The monoisotopic (exact) mass is 322 g/mol. The second kappa shape index (κ2) is 6.11. The maximum atomic E-state index is 13.3. The standard InChI is InChI=1S/C20H16F2N2/c21-15-9-5-13(6-10-15)19-17-3-1-2-4-18(17)23-20(24-19)14-7-11-16(22)12-8-14/h5-12H,1-4H2. The summed E-state index contributed by atoms with van der Waals surface area (Å²) in [6, 6.07) is 12.6. The largest absolute Gasteiger partial charge is 0.233 e. The van der Waals surface area contributed by atoms with Gasteiger partial charge < -0.3 is 0 Å². The van der Waals surface area contributed by atoms with Gasteiger partial charge in [0, 0.05) is 22.4 Å². The van der Waals surface area contributed by atoms with Crippen molar-refractivity contribution in [1.82, 2.24) is 9.97 Å². The molecule has 0 aliphatic heterocycles. The van der Waals surface area contributed by atoms with E-state index in [0.29, 0.717) is 5.82 Å². The van der Waals surface area contributed by atoms with E-state index >= 15 is 0 Å². The first-order valence-corrected chi connectivity index (χ1v) is 8.12. The maximum absolute atomic E-state index is 13.3. The van der Waals surface area contributed by atoms with E-state index < -0.39 is 0 Å². The van der Waals surface area contributed by atoms with Crippen LogP contribution in [-0.4, -0.2) is 9.97 Å². The average Bonchev–Trinajstić information content (AvgIpc) is 2.62. The number of halogens is 2. The Kier molecular flexibility index (Phi) is 3.81. The van der Waals surface area contributed by atoms with E-state index in [1.807, 2.05) is 0 Å². The van der Waals surface area contributed by atoms with Crippen molar-refractivity contribution < 1.29 is 8.78 Å². The summed E-state index contributed by atoms with van der Waals surface area (Å²) in [7, 11) is 0. The SMILES string of the molecule is Fc1ccc(-c2nc3c(c(-c4ccc(F)cc4)n2)CCCC3)cc1. The Balaban J connectivity index is 1.89. The van der Waals surface area contributed by atoms with Gasteiger partial charge in [0.25, 0.3) is 0 Å². The van der Waals surface area contributed by atoms with E-state index in [9.17, 15) is 8.78 Å². The lowest BCUT2D eigenvalue weighted by Crippen LogP contribution is -2.10. The lowest BCUT2D eigenvalue weighted by Gasteiger charge is -2.19. The normalized spacial score (nSPS) is 13.6. The summed E-state index contributed by atoms with van der Waals surface area (Å²) in [6.07, 6.45) is 4.07. The number of benzene rings is 2. The molecule has 2 nitrogen and oxygen atoms in total. The molecule has 0 saturated heterocycles. The molecule has 120 valence electrons. The number of hydrogen-bond donors (Lipinski definition) is 0. The third kappa shape index (κ3) is 2.80. The van der Waals surface area contributed by atoms with E-state index in [0.717, 1.165) is 53.8 Å². The summed E-state index contributed by atoms with van der Waals surface area (Å²) >= 11 is 0. The molecule has 4 rings (SSSR count). The summed E-state index contributed by atoms with van der Waals surface area (Å²) in [5.41, 5.74) is 4.74. The minimum atomic E-state index is -0.282. The van der Waals surface area contributed by atoms with Crippen molar-refractivity contribution in [2.24, 2.45) is 0 Å². The minimum absolute atomic E-state index is 0.263. The molecular formula is C20H16F2N2. The van der Waals surface area contributed by atoms with E-state index in [-0.39, 0.29) is 11.6 Å². The number of fused-ring (bicyclic) bond motifs is 1. The van der Waals surface area contributed by atoms with Gasteiger partial charge in [-0.3, -0.25) is 0 Å². The van der Waals surface area contributed by atoms with Crippen molar-refractivity contribution in [1.29, 1.82) is 0 Å². The van der Waals surface area contributed by atoms with Crippen LogP contribution in [0.5, 0.6) is 0 Å². The fraction of sp³-hybridized carbons (Fsp3) is 0.200. The van der Waals surface area contributed by atoms with Gasteiger partial charge in [-0.2, -0.15) is 0 Å². The molecule has 4 heteroatoms. The van der Waals surface area contributed by atoms with E-state index in [1.165, 1.54) is 24.3 Å². The van der Waals surface area contributed by atoms with Gasteiger partial charge in [0.05, 0.1) is 5.69 Å². The summed E-state index contributed by atoms with van der Waals surface area (Å²) in [4.78, 5) is 9.44. The third-order valence-corrected chi connectivity index (χ3v) is 4.40. The lowest BCUT2D eigenvalue weighted by molar-refractivity contribution is 0.627. The number of rotatable bonds is 2. The Bertz CT molecular complexity index is 871. The smallest absolute Gasteiger partial charge is 0.160 e. The highest BCUT2D eigenvalue weighted by atomic mass is 19.1. The van der Waals surface area contributed by atoms with Crippen LogP contribution in [0.4, 0.5) is 8.78 Å². The topological polar surface area (TPSA) is 25.8 Å². The Morgan fingerprint density at radius 3 is 1.92 bits per heavy atom. The molecule has 0 spiro atoms. The van der Waals surface area contributed by atoms with Crippen molar-refractivity contribution in [3.8, 4) is 22.6 Å². The summed E-state index contributed by atoms with van der Waals surface area (Å²) in [6.45, 7) is 0. The lowest BCUT2D eigenvalue weighted by atomic mass is 9.92. The van der Waals surface area contributed by atoms with Crippen molar-refractivity contribution in [3.63, 3.8) is 0 Å². The Morgan fingerprint density at radius 2 is 1.25 bits per heavy atom. The van der Waals surface area contributed by atoms with Gasteiger partial charge >= 0.3 is 0 Å². The minimum Gasteiger partial charge on any atom is -0.233 e. The first-order valence-electron chi connectivity index (χ1n) is 8.12. The van der Waals surface area contributed by atoms with Crippen molar-refractivity contribution >= 4 is 0 Å². The fourth-order valence-corrected chi connectivity index (χ4v) is 3.17. The highest BCUT2D eigenvalue weighted by Gasteiger charge is 2.19. The van der Waals surface area contributed by atoms with Gasteiger partial charge in [0.1, 0.15) is 11.6 Å². The molecule has 1 heterocycles. The first kappa shape index (κ1) is 14.9. The Hall–Kier alpha value is -2.62. The molecule has 0 radical (unpaired) electrons. The molecule has 2 aromatic carbocycles. The van der Waals surface area contributed by atoms with Gasteiger partial charge in [0.2, 0.25) is 0 Å². The average molecular weight is 322 g/mol. The predicted octanol–water partition coefficient (Wildman–Crippen LogP) is 4.97. The van der Waals surface area contributed by atoms with Crippen LogP contribution < -0.4 is 0 Å². The molecule has 0 bridgehead atoms. The van der Waals surface area contributed by atoms with Crippen molar-refractivity contribution in [2.75, 3.05) is 0 Å². The van der Waals surface area contributed by atoms with Crippen LogP contribution in [0, 0.1) is 11.6 Å². The zero-order valence-corrected chi connectivity index (χ0v) is 13.1. The molecule has 0 saturated carbocycles. The molecule has 1 aliphatic carbocycles. The maximum Gasteiger partial charge on any atom is 0.160 e. The number of nitrogens with zero attached hydrogens (tertiary/aromatic N) is 2. The molecule has 0 fully saturated rings. The van der Waals surface area contributed by atoms with Crippen molar-refractivity contribution in [2.45, 2.75) is 25.7 Å².